The summed E-state index contributed by atoms with van der Waals surface area (Å²) in [6, 6.07) is 5.65. The largest absolute Gasteiger partial charge is 0.348 e. The van der Waals surface area contributed by atoms with Gasteiger partial charge in [-0.2, -0.15) is 5.10 Å². The van der Waals surface area contributed by atoms with Gasteiger partial charge in [0.05, 0.1) is 10.7 Å². The Balaban J connectivity index is 1.30. The number of hydrogen-bond donors (Lipinski definition) is 1. The maximum absolute atomic E-state index is 13.6. The molecule has 7 rings (SSSR count). The molecule has 1 N–H and O–H groups in total. The fraction of sp³-hybridized carbons (Fsp3) is 0.615. The lowest BCUT2D eigenvalue weighted by Gasteiger charge is -2.59. The maximum Gasteiger partial charge on any atom is 0.272 e. The van der Waals surface area contributed by atoms with Gasteiger partial charge in [-0.05, 0) is 112 Å². The van der Waals surface area contributed by atoms with E-state index in [1.54, 1.807) is 6.07 Å². The van der Waals surface area contributed by atoms with Crippen LogP contribution >= 0.6 is 23.2 Å². The Hall–Kier alpha value is -1.52. The van der Waals surface area contributed by atoms with Gasteiger partial charge in [0.25, 0.3) is 5.91 Å². The molecule has 0 aliphatic heterocycles. The fourth-order valence-corrected chi connectivity index (χ4v) is 8.25. The molecule has 5 aliphatic carbocycles. The van der Waals surface area contributed by atoms with E-state index in [0.717, 1.165) is 60.4 Å². The minimum atomic E-state index is -0.0183. The number of hydrogen-bond acceptors (Lipinski definition) is 2. The second kappa shape index (κ2) is 7.77. The van der Waals surface area contributed by atoms with E-state index in [1.165, 1.54) is 38.5 Å². The molecule has 1 aromatic carbocycles. The first-order chi connectivity index (χ1) is 15.4. The topological polar surface area (TPSA) is 46.9 Å². The van der Waals surface area contributed by atoms with Crippen LogP contribution in [0, 0.1) is 23.2 Å². The Morgan fingerprint density at radius 2 is 1.75 bits per heavy atom. The first-order valence-corrected chi connectivity index (χ1v) is 13.0. The van der Waals surface area contributed by atoms with Crippen molar-refractivity contribution < 1.29 is 4.79 Å². The molecule has 170 valence electrons. The molecule has 2 aromatic rings. The summed E-state index contributed by atoms with van der Waals surface area (Å²) in [6.45, 7) is 2.24. The number of amides is 1. The van der Waals surface area contributed by atoms with Gasteiger partial charge in [-0.15, -0.1) is 0 Å². The number of rotatable bonds is 4. The van der Waals surface area contributed by atoms with Gasteiger partial charge in [0.1, 0.15) is 0 Å². The molecule has 32 heavy (non-hydrogen) atoms. The van der Waals surface area contributed by atoms with E-state index in [4.69, 9.17) is 28.3 Å². The highest BCUT2D eigenvalue weighted by Gasteiger charge is 2.53. The molecule has 0 saturated heterocycles. The number of nitrogens with zero attached hydrogens (tertiary/aromatic N) is 2. The molecule has 6 heteroatoms. The van der Waals surface area contributed by atoms with Crippen LogP contribution in [0.15, 0.2) is 18.2 Å². The van der Waals surface area contributed by atoms with Crippen LogP contribution in [0.4, 0.5) is 0 Å². The Kier molecular flexibility index (Phi) is 5.11. The van der Waals surface area contributed by atoms with E-state index < -0.39 is 0 Å². The Labute approximate surface area is 200 Å². The minimum absolute atomic E-state index is 0.0183. The Bertz CT molecular complexity index is 1040. The van der Waals surface area contributed by atoms with E-state index in [2.05, 4.69) is 12.2 Å². The highest BCUT2D eigenvalue weighted by atomic mass is 35.5. The molecule has 4 bridgehead atoms. The number of benzene rings is 1. The van der Waals surface area contributed by atoms with Gasteiger partial charge < -0.3 is 5.32 Å². The molecule has 4 saturated carbocycles. The van der Waals surface area contributed by atoms with Gasteiger partial charge in [-0.1, -0.05) is 23.2 Å². The van der Waals surface area contributed by atoms with Crippen LogP contribution in [0.3, 0.4) is 0 Å². The summed E-state index contributed by atoms with van der Waals surface area (Å²) in [5.41, 5.74) is 3.88. The summed E-state index contributed by atoms with van der Waals surface area (Å²) >= 11 is 12.6. The van der Waals surface area contributed by atoms with Crippen molar-refractivity contribution in [1.29, 1.82) is 0 Å². The van der Waals surface area contributed by atoms with Crippen molar-refractivity contribution in [3.63, 3.8) is 0 Å². The molecular weight excluding hydrogens is 441 g/mol. The number of carbonyl (C=O) groups is 1. The lowest BCUT2D eigenvalue weighted by atomic mass is 9.48. The van der Waals surface area contributed by atoms with Crippen LogP contribution in [-0.4, -0.2) is 21.7 Å². The maximum atomic E-state index is 13.6. The zero-order valence-electron chi connectivity index (χ0n) is 18.7. The SMILES string of the molecule is CC(NC(=O)c1nn(-c2ccc(Cl)cc2Cl)c2c1CCCC2)C12CC3CC(CC(C3)C1)C2. The van der Waals surface area contributed by atoms with E-state index in [1.807, 2.05) is 16.8 Å². The number of halogens is 2. The zero-order valence-corrected chi connectivity index (χ0v) is 20.2. The van der Waals surface area contributed by atoms with E-state index in [-0.39, 0.29) is 17.4 Å². The fourth-order valence-electron chi connectivity index (χ4n) is 7.76. The molecule has 5 aliphatic rings. The summed E-state index contributed by atoms with van der Waals surface area (Å²) in [4.78, 5) is 13.6. The van der Waals surface area contributed by atoms with Gasteiger partial charge >= 0.3 is 0 Å². The summed E-state index contributed by atoms with van der Waals surface area (Å²) in [6.07, 6.45) is 12.1. The van der Waals surface area contributed by atoms with Crippen molar-refractivity contribution in [2.75, 3.05) is 0 Å². The second-order valence-corrected chi connectivity index (χ2v) is 11.8. The Morgan fingerprint density at radius 3 is 2.41 bits per heavy atom. The highest BCUT2D eigenvalue weighted by molar-refractivity contribution is 6.35. The summed E-state index contributed by atoms with van der Waals surface area (Å²) in [5.74, 6) is 2.61. The number of carbonyl (C=O) groups excluding carboxylic acids is 1. The quantitative estimate of drug-likeness (QED) is 0.560. The summed E-state index contributed by atoms with van der Waals surface area (Å²) in [7, 11) is 0. The molecule has 1 aromatic heterocycles. The smallest absolute Gasteiger partial charge is 0.272 e. The normalized spacial score (nSPS) is 31.4. The Morgan fingerprint density at radius 1 is 1.09 bits per heavy atom. The van der Waals surface area contributed by atoms with Crippen molar-refractivity contribution in [3.05, 3.63) is 45.2 Å². The highest BCUT2D eigenvalue weighted by Crippen LogP contribution is 2.61. The third-order valence-corrected chi connectivity index (χ3v) is 9.42. The van der Waals surface area contributed by atoms with E-state index in [0.29, 0.717) is 15.7 Å². The van der Waals surface area contributed by atoms with Crippen LogP contribution in [0.25, 0.3) is 5.69 Å². The van der Waals surface area contributed by atoms with Gasteiger partial charge in [0.15, 0.2) is 5.69 Å². The zero-order chi connectivity index (χ0) is 22.0. The minimum Gasteiger partial charge on any atom is -0.348 e. The van der Waals surface area contributed by atoms with Gasteiger partial charge in [0, 0.05) is 22.3 Å². The van der Waals surface area contributed by atoms with E-state index >= 15 is 0 Å². The van der Waals surface area contributed by atoms with Gasteiger partial charge in [-0.25, -0.2) is 4.68 Å². The first-order valence-electron chi connectivity index (χ1n) is 12.3. The number of nitrogens with one attached hydrogen (secondary N) is 1. The van der Waals surface area contributed by atoms with Crippen LogP contribution in [0.1, 0.15) is 80.0 Å². The van der Waals surface area contributed by atoms with Crippen molar-refractivity contribution in [1.82, 2.24) is 15.1 Å². The average Bonchev–Trinajstić information content (AvgIpc) is 3.12. The molecule has 1 amide bonds. The lowest BCUT2D eigenvalue weighted by molar-refractivity contribution is -0.0688. The van der Waals surface area contributed by atoms with Crippen molar-refractivity contribution in [2.24, 2.45) is 23.2 Å². The lowest BCUT2D eigenvalue weighted by Crippen LogP contribution is -2.55. The molecule has 0 radical (unpaired) electrons. The summed E-state index contributed by atoms with van der Waals surface area (Å²) < 4.78 is 1.89. The predicted molar refractivity (Wildman–Crippen MR) is 128 cm³/mol. The van der Waals surface area contributed by atoms with E-state index in [9.17, 15) is 4.79 Å². The molecule has 4 nitrogen and oxygen atoms in total. The van der Waals surface area contributed by atoms with Gasteiger partial charge in [-0.3, -0.25) is 4.79 Å². The molecular formula is C26H31Cl2N3O. The number of aromatic nitrogens is 2. The average molecular weight is 472 g/mol. The van der Waals surface area contributed by atoms with Crippen LogP contribution < -0.4 is 5.32 Å². The second-order valence-electron chi connectivity index (χ2n) is 11.0. The van der Waals surface area contributed by atoms with Crippen LogP contribution in [0.2, 0.25) is 10.0 Å². The molecule has 1 atom stereocenters. The third kappa shape index (κ3) is 3.40. The van der Waals surface area contributed by atoms with Crippen molar-refractivity contribution >= 4 is 29.1 Å². The molecule has 0 spiro atoms. The molecule has 1 heterocycles. The van der Waals surface area contributed by atoms with Crippen molar-refractivity contribution in [3.8, 4) is 5.69 Å². The summed E-state index contributed by atoms with van der Waals surface area (Å²) in [5, 5.41) is 9.41. The van der Waals surface area contributed by atoms with Crippen LogP contribution in [-0.2, 0) is 12.8 Å². The standard InChI is InChI=1S/C26H31Cl2N3O/c1-15(26-12-16-8-17(13-26)10-18(9-16)14-26)29-25(32)24-20-4-2-3-5-22(20)31(30-24)23-7-6-19(27)11-21(23)28/h6-7,11,15-18H,2-5,8-10,12-14H2,1H3,(H,29,32). The van der Waals surface area contributed by atoms with Crippen molar-refractivity contribution in [2.45, 2.75) is 77.2 Å². The number of fused-ring (bicyclic) bond motifs is 1. The van der Waals surface area contributed by atoms with Gasteiger partial charge in [0.2, 0.25) is 0 Å². The predicted octanol–water partition coefficient (Wildman–Crippen LogP) is 6.39. The van der Waals surface area contributed by atoms with Crippen LogP contribution in [0.5, 0.6) is 0 Å². The molecule has 1 unspecified atom stereocenters. The third-order valence-electron chi connectivity index (χ3n) is 8.88. The monoisotopic (exact) mass is 471 g/mol. The first kappa shape index (κ1) is 21.0. The molecule has 4 fully saturated rings.